The highest BCUT2D eigenvalue weighted by molar-refractivity contribution is 4.60. The molecule has 0 bridgehead atoms. The molecule has 0 aromatic heterocycles. The molecular formula is C41H86BrN. The molecule has 0 radical (unpaired) electrons. The molecule has 0 heterocycles. The monoisotopic (exact) mass is 672 g/mol. The Bertz CT molecular complexity index is 442. The van der Waals surface area contributed by atoms with E-state index in [-0.39, 0.29) is 17.0 Å². The minimum atomic E-state index is 0. The quantitative estimate of drug-likeness (QED) is 0.0632. The molecule has 0 amide bonds. The molecule has 0 rings (SSSR count). The number of unbranched alkanes of at least 4 members (excludes halogenated alkanes) is 30. The summed E-state index contributed by atoms with van der Waals surface area (Å²) in [5.41, 5.74) is 0. The fourth-order valence-electron chi connectivity index (χ4n) is 6.95. The Balaban J connectivity index is 0. The molecule has 0 aliphatic rings. The summed E-state index contributed by atoms with van der Waals surface area (Å²) in [6, 6.07) is 1.65. The molecule has 0 fully saturated rings. The van der Waals surface area contributed by atoms with Gasteiger partial charge >= 0.3 is 0 Å². The van der Waals surface area contributed by atoms with Crippen molar-refractivity contribution < 1.29 is 21.9 Å². The topological polar surface area (TPSA) is 4.44 Å². The van der Waals surface area contributed by atoms with E-state index in [4.69, 9.17) is 0 Å². The van der Waals surface area contributed by atoms with E-state index in [2.05, 4.69) is 34.7 Å². The third kappa shape index (κ3) is 35.1. The molecule has 1 N–H and O–H groups in total. The molecule has 0 aromatic rings. The molecule has 262 valence electrons. The summed E-state index contributed by atoms with van der Waals surface area (Å²) in [5.74, 6) is 0. The summed E-state index contributed by atoms with van der Waals surface area (Å²) in [6.45, 7) is 9.46. The largest absolute Gasteiger partial charge is 1.00 e. The molecule has 0 aliphatic carbocycles. The van der Waals surface area contributed by atoms with Crippen molar-refractivity contribution in [1.82, 2.24) is 0 Å². The lowest BCUT2D eigenvalue weighted by molar-refractivity contribution is -0.928. The Labute approximate surface area is 286 Å². The number of hydrogen-bond acceptors (Lipinski definition) is 0. The molecular weight excluding hydrogens is 586 g/mol. The SMILES string of the molecule is CCCCCCCCCCCCCCCCCCC(CCCCCCCCCCCCCCCCCC)[NH+](C)C(C)C.[Br-]. The molecule has 1 unspecified atom stereocenters. The van der Waals surface area contributed by atoms with Crippen molar-refractivity contribution in [2.45, 2.75) is 258 Å². The Morgan fingerprint density at radius 2 is 0.512 bits per heavy atom. The van der Waals surface area contributed by atoms with Crippen LogP contribution in [0.1, 0.15) is 246 Å². The molecule has 1 nitrogen and oxygen atoms in total. The zero-order chi connectivity index (χ0) is 30.8. The van der Waals surface area contributed by atoms with E-state index in [1.807, 2.05) is 0 Å². The first-order chi connectivity index (χ1) is 20.6. The second-order valence-corrected chi connectivity index (χ2v) is 14.8. The van der Waals surface area contributed by atoms with Crippen molar-refractivity contribution in [1.29, 1.82) is 0 Å². The van der Waals surface area contributed by atoms with Crippen LogP contribution in [-0.2, 0) is 0 Å². The lowest BCUT2D eigenvalue weighted by Gasteiger charge is -2.28. The summed E-state index contributed by atoms with van der Waals surface area (Å²) in [7, 11) is 2.47. The zero-order valence-electron chi connectivity index (χ0n) is 31.1. The van der Waals surface area contributed by atoms with E-state index in [1.54, 1.807) is 4.90 Å². The van der Waals surface area contributed by atoms with Crippen molar-refractivity contribution in [3.63, 3.8) is 0 Å². The van der Waals surface area contributed by atoms with Gasteiger partial charge in [-0.2, -0.15) is 0 Å². The smallest absolute Gasteiger partial charge is 0.0874 e. The van der Waals surface area contributed by atoms with Gasteiger partial charge in [-0.1, -0.05) is 206 Å². The molecule has 2 heteroatoms. The summed E-state index contributed by atoms with van der Waals surface area (Å²) in [5, 5.41) is 0. The van der Waals surface area contributed by atoms with Crippen LogP contribution in [0.4, 0.5) is 0 Å². The van der Waals surface area contributed by atoms with Gasteiger partial charge in [0.15, 0.2) is 0 Å². The Morgan fingerprint density at radius 3 is 0.698 bits per heavy atom. The van der Waals surface area contributed by atoms with Crippen molar-refractivity contribution in [3.8, 4) is 0 Å². The normalized spacial score (nSPS) is 12.3. The van der Waals surface area contributed by atoms with Crippen LogP contribution in [0.3, 0.4) is 0 Å². The number of rotatable bonds is 36. The third-order valence-corrected chi connectivity index (χ3v) is 10.4. The van der Waals surface area contributed by atoms with Crippen molar-refractivity contribution in [3.05, 3.63) is 0 Å². The van der Waals surface area contributed by atoms with Gasteiger partial charge in [-0.05, 0) is 39.5 Å². The maximum Gasteiger partial charge on any atom is 0.0874 e. The lowest BCUT2D eigenvalue weighted by atomic mass is 9.98. The van der Waals surface area contributed by atoms with Crippen LogP contribution in [0.5, 0.6) is 0 Å². The van der Waals surface area contributed by atoms with E-state index in [9.17, 15) is 0 Å². The summed E-state index contributed by atoms with van der Waals surface area (Å²) in [6.07, 6.45) is 50.0. The van der Waals surface area contributed by atoms with Gasteiger partial charge in [-0.15, -0.1) is 0 Å². The number of nitrogens with one attached hydrogen (secondary N) is 1. The van der Waals surface area contributed by atoms with Crippen LogP contribution in [0, 0.1) is 0 Å². The summed E-state index contributed by atoms with van der Waals surface area (Å²) < 4.78 is 0. The van der Waals surface area contributed by atoms with Gasteiger partial charge < -0.3 is 21.9 Å². The van der Waals surface area contributed by atoms with Gasteiger partial charge in [-0.25, -0.2) is 0 Å². The second-order valence-electron chi connectivity index (χ2n) is 14.8. The van der Waals surface area contributed by atoms with Gasteiger partial charge in [-0.3, -0.25) is 0 Å². The van der Waals surface area contributed by atoms with Crippen LogP contribution >= 0.6 is 0 Å². The van der Waals surface area contributed by atoms with E-state index in [0.29, 0.717) is 0 Å². The fraction of sp³-hybridized carbons (Fsp3) is 1.00. The average Bonchev–Trinajstić information content (AvgIpc) is 2.99. The highest BCUT2D eigenvalue weighted by Gasteiger charge is 2.20. The first-order valence-corrected chi connectivity index (χ1v) is 20.5. The molecule has 0 aliphatic heterocycles. The minimum Gasteiger partial charge on any atom is -1.00 e. The molecule has 0 saturated heterocycles. The van der Waals surface area contributed by atoms with Crippen LogP contribution < -0.4 is 21.9 Å². The predicted octanol–water partition coefficient (Wildman–Crippen LogP) is 10.6. The van der Waals surface area contributed by atoms with Crippen molar-refractivity contribution in [2.75, 3.05) is 7.05 Å². The zero-order valence-corrected chi connectivity index (χ0v) is 32.7. The second kappa shape index (κ2) is 38.6. The molecule has 0 spiro atoms. The lowest BCUT2D eigenvalue weighted by Crippen LogP contribution is -3.15. The molecule has 0 saturated carbocycles. The van der Waals surface area contributed by atoms with Gasteiger partial charge in [0.05, 0.1) is 19.1 Å². The van der Waals surface area contributed by atoms with E-state index < -0.39 is 0 Å². The van der Waals surface area contributed by atoms with Crippen LogP contribution in [0.2, 0.25) is 0 Å². The Hall–Kier alpha value is 0.440. The number of hydrogen-bond donors (Lipinski definition) is 1. The Kier molecular flexibility index (Phi) is 40.9. The predicted molar refractivity (Wildman–Crippen MR) is 194 cm³/mol. The standard InChI is InChI=1S/C41H85N.BrH/c1-6-8-10-12-14-16-18-20-22-24-26-28-30-32-34-36-38-41(42(5)40(3)4)39-37-35-33-31-29-27-25-23-21-19-17-15-13-11-9-7-2;/h40-41H,6-39H2,1-5H3;1H. The molecule has 43 heavy (non-hydrogen) atoms. The third-order valence-electron chi connectivity index (χ3n) is 10.4. The average molecular weight is 673 g/mol. The maximum absolute atomic E-state index is 2.47. The fourth-order valence-corrected chi connectivity index (χ4v) is 6.95. The van der Waals surface area contributed by atoms with Crippen LogP contribution in [0.25, 0.3) is 0 Å². The Morgan fingerprint density at radius 1 is 0.326 bits per heavy atom. The minimum absolute atomic E-state index is 0. The van der Waals surface area contributed by atoms with Gasteiger partial charge in [0.2, 0.25) is 0 Å². The number of quaternary nitrogens is 1. The van der Waals surface area contributed by atoms with Crippen molar-refractivity contribution in [2.24, 2.45) is 0 Å². The van der Waals surface area contributed by atoms with Gasteiger partial charge in [0, 0.05) is 0 Å². The van der Waals surface area contributed by atoms with E-state index in [0.717, 1.165) is 12.1 Å². The molecule has 1 atom stereocenters. The van der Waals surface area contributed by atoms with Gasteiger partial charge in [0.25, 0.3) is 0 Å². The van der Waals surface area contributed by atoms with Crippen LogP contribution in [0.15, 0.2) is 0 Å². The van der Waals surface area contributed by atoms with E-state index in [1.165, 1.54) is 218 Å². The molecule has 0 aromatic carbocycles. The summed E-state index contributed by atoms with van der Waals surface area (Å²) in [4.78, 5) is 1.79. The van der Waals surface area contributed by atoms with Gasteiger partial charge in [0.1, 0.15) is 0 Å². The van der Waals surface area contributed by atoms with E-state index >= 15 is 0 Å². The number of halogens is 1. The first kappa shape index (κ1) is 45.6. The van der Waals surface area contributed by atoms with Crippen molar-refractivity contribution >= 4 is 0 Å². The highest BCUT2D eigenvalue weighted by Crippen LogP contribution is 2.17. The van der Waals surface area contributed by atoms with Crippen LogP contribution in [-0.4, -0.2) is 19.1 Å². The summed E-state index contributed by atoms with van der Waals surface area (Å²) >= 11 is 0. The first-order valence-electron chi connectivity index (χ1n) is 20.5. The maximum atomic E-state index is 2.47. The highest BCUT2D eigenvalue weighted by atomic mass is 79.9.